The zero-order valence-electron chi connectivity index (χ0n) is 9.71. The fourth-order valence-electron chi connectivity index (χ4n) is 1.54. The molecule has 94 valence electrons. The molecule has 0 atom stereocenters. The van der Waals surface area contributed by atoms with Gasteiger partial charge in [-0.3, -0.25) is 0 Å². The number of methoxy groups -OCH3 is 1. The summed E-state index contributed by atoms with van der Waals surface area (Å²) < 4.78 is 6.11. The molecule has 0 aliphatic rings. The van der Waals surface area contributed by atoms with Gasteiger partial charge >= 0.3 is 0 Å². The SMILES string of the molecule is COc1cc(Nc2cc(Cl)ccc2Br)ccc1N. The van der Waals surface area contributed by atoms with Crippen LogP contribution in [0.15, 0.2) is 40.9 Å². The molecule has 2 aromatic carbocycles. The van der Waals surface area contributed by atoms with Crippen molar-refractivity contribution in [2.75, 3.05) is 18.2 Å². The van der Waals surface area contributed by atoms with Gasteiger partial charge in [-0.1, -0.05) is 11.6 Å². The van der Waals surface area contributed by atoms with Crippen LogP contribution in [0.2, 0.25) is 5.02 Å². The van der Waals surface area contributed by atoms with Crippen molar-refractivity contribution in [3.05, 3.63) is 45.9 Å². The molecule has 0 spiro atoms. The summed E-state index contributed by atoms with van der Waals surface area (Å²) in [7, 11) is 1.59. The van der Waals surface area contributed by atoms with E-state index in [1.807, 2.05) is 30.3 Å². The van der Waals surface area contributed by atoms with Gasteiger partial charge in [0, 0.05) is 21.2 Å². The van der Waals surface area contributed by atoms with Crippen molar-refractivity contribution >= 4 is 44.6 Å². The molecule has 3 nitrogen and oxygen atoms in total. The van der Waals surface area contributed by atoms with E-state index >= 15 is 0 Å². The van der Waals surface area contributed by atoms with Gasteiger partial charge in [0.2, 0.25) is 0 Å². The number of ether oxygens (including phenoxy) is 1. The number of halogens is 2. The average Bonchev–Trinajstić information content (AvgIpc) is 2.36. The molecule has 0 saturated carbocycles. The van der Waals surface area contributed by atoms with E-state index < -0.39 is 0 Å². The topological polar surface area (TPSA) is 47.3 Å². The first kappa shape index (κ1) is 13.1. The van der Waals surface area contributed by atoms with Crippen LogP contribution in [-0.4, -0.2) is 7.11 Å². The lowest BCUT2D eigenvalue weighted by Crippen LogP contribution is -1.96. The minimum absolute atomic E-state index is 0.605. The van der Waals surface area contributed by atoms with Gasteiger partial charge < -0.3 is 15.8 Å². The van der Waals surface area contributed by atoms with Gasteiger partial charge in [-0.25, -0.2) is 0 Å². The summed E-state index contributed by atoms with van der Waals surface area (Å²) in [5.74, 6) is 0.637. The first-order valence-electron chi connectivity index (χ1n) is 5.26. The lowest BCUT2D eigenvalue weighted by Gasteiger charge is -2.11. The molecule has 18 heavy (non-hydrogen) atoms. The molecule has 0 radical (unpaired) electrons. The van der Waals surface area contributed by atoms with Crippen LogP contribution in [0.4, 0.5) is 17.1 Å². The number of hydrogen-bond acceptors (Lipinski definition) is 3. The summed E-state index contributed by atoms with van der Waals surface area (Å²) in [5.41, 5.74) is 8.13. The highest BCUT2D eigenvalue weighted by molar-refractivity contribution is 9.10. The minimum Gasteiger partial charge on any atom is -0.495 e. The monoisotopic (exact) mass is 326 g/mol. The maximum Gasteiger partial charge on any atom is 0.143 e. The third kappa shape index (κ3) is 2.89. The Hall–Kier alpha value is -1.39. The number of rotatable bonds is 3. The average molecular weight is 328 g/mol. The van der Waals surface area contributed by atoms with E-state index in [4.69, 9.17) is 22.1 Å². The zero-order valence-corrected chi connectivity index (χ0v) is 12.0. The van der Waals surface area contributed by atoms with Crippen molar-refractivity contribution in [1.29, 1.82) is 0 Å². The highest BCUT2D eigenvalue weighted by atomic mass is 79.9. The van der Waals surface area contributed by atoms with Gasteiger partial charge in [-0.05, 0) is 46.3 Å². The van der Waals surface area contributed by atoms with Crippen molar-refractivity contribution < 1.29 is 4.74 Å². The largest absolute Gasteiger partial charge is 0.495 e. The van der Waals surface area contributed by atoms with E-state index in [-0.39, 0.29) is 0 Å². The summed E-state index contributed by atoms with van der Waals surface area (Å²) in [4.78, 5) is 0. The number of benzene rings is 2. The second-order valence-corrected chi connectivity index (χ2v) is 5.00. The summed E-state index contributed by atoms with van der Waals surface area (Å²) in [5, 5.41) is 3.92. The molecule has 0 saturated heterocycles. The van der Waals surface area contributed by atoms with Gasteiger partial charge in [0.1, 0.15) is 5.75 Å². The lowest BCUT2D eigenvalue weighted by atomic mass is 10.2. The molecule has 0 aliphatic heterocycles. The van der Waals surface area contributed by atoms with E-state index in [0.29, 0.717) is 16.5 Å². The fourth-order valence-corrected chi connectivity index (χ4v) is 2.06. The van der Waals surface area contributed by atoms with Gasteiger partial charge in [0.25, 0.3) is 0 Å². The number of hydrogen-bond donors (Lipinski definition) is 2. The second-order valence-electron chi connectivity index (χ2n) is 3.71. The Morgan fingerprint density at radius 1 is 1.22 bits per heavy atom. The Kier molecular flexibility index (Phi) is 3.99. The second kappa shape index (κ2) is 5.50. The number of nitrogens with two attached hydrogens (primary N) is 1. The summed E-state index contributed by atoms with van der Waals surface area (Å²) in [6.07, 6.45) is 0. The molecule has 0 aliphatic carbocycles. The Morgan fingerprint density at radius 2 is 2.00 bits per heavy atom. The van der Waals surface area contributed by atoms with Gasteiger partial charge in [0.15, 0.2) is 0 Å². The Labute approximate surface area is 119 Å². The van der Waals surface area contributed by atoms with Gasteiger partial charge in [0.05, 0.1) is 18.5 Å². The van der Waals surface area contributed by atoms with Crippen LogP contribution < -0.4 is 15.8 Å². The first-order valence-corrected chi connectivity index (χ1v) is 6.43. The van der Waals surface area contributed by atoms with Gasteiger partial charge in [-0.2, -0.15) is 0 Å². The van der Waals surface area contributed by atoms with E-state index in [9.17, 15) is 0 Å². The molecular weight excluding hydrogens is 316 g/mol. The van der Waals surface area contributed by atoms with Crippen molar-refractivity contribution in [2.45, 2.75) is 0 Å². The number of nitrogen functional groups attached to an aromatic ring is 1. The molecule has 0 aromatic heterocycles. The third-order valence-corrected chi connectivity index (χ3v) is 3.37. The smallest absolute Gasteiger partial charge is 0.143 e. The van der Waals surface area contributed by atoms with Crippen molar-refractivity contribution in [1.82, 2.24) is 0 Å². The van der Waals surface area contributed by atoms with Crippen molar-refractivity contribution in [2.24, 2.45) is 0 Å². The molecule has 2 aromatic rings. The number of anilines is 3. The highest BCUT2D eigenvalue weighted by Crippen LogP contribution is 2.31. The standard InChI is InChI=1S/C13H12BrClN2O/c1-18-13-7-9(3-5-11(13)16)17-12-6-8(15)2-4-10(12)14/h2-7,17H,16H2,1H3. The molecule has 0 unspecified atom stereocenters. The van der Waals surface area contributed by atoms with Crippen molar-refractivity contribution in [3.63, 3.8) is 0 Å². The summed E-state index contributed by atoms with van der Waals surface area (Å²) in [6, 6.07) is 11.1. The first-order chi connectivity index (χ1) is 8.60. The van der Waals surface area contributed by atoms with Crippen molar-refractivity contribution in [3.8, 4) is 5.75 Å². The van der Waals surface area contributed by atoms with Crippen LogP contribution in [0.5, 0.6) is 5.75 Å². The van der Waals surface area contributed by atoms with E-state index in [2.05, 4.69) is 21.2 Å². The van der Waals surface area contributed by atoms with Crippen LogP contribution in [0, 0.1) is 0 Å². The minimum atomic E-state index is 0.605. The third-order valence-electron chi connectivity index (χ3n) is 2.44. The predicted octanol–water partition coefficient (Wildman–Crippen LogP) is 4.44. The molecule has 0 fully saturated rings. The lowest BCUT2D eigenvalue weighted by molar-refractivity contribution is 0.417. The van der Waals surface area contributed by atoms with E-state index in [1.165, 1.54) is 0 Å². The summed E-state index contributed by atoms with van der Waals surface area (Å²) >= 11 is 9.42. The van der Waals surface area contributed by atoms with Crippen LogP contribution in [0.1, 0.15) is 0 Å². The van der Waals surface area contributed by atoms with Gasteiger partial charge in [-0.15, -0.1) is 0 Å². The van der Waals surface area contributed by atoms with Crippen LogP contribution in [0.3, 0.4) is 0 Å². The Bertz CT molecular complexity index is 575. The molecule has 0 bridgehead atoms. The fraction of sp³-hybridized carbons (Fsp3) is 0.0769. The maximum absolute atomic E-state index is 5.96. The molecular formula is C13H12BrClN2O. The molecule has 3 N–H and O–H groups in total. The summed E-state index contributed by atoms with van der Waals surface area (Å²) in [6.45, 7) is 0. The molecule has 2 rings (SSSR count). The normalized spacial score (nSPS) is 10.2. The maximum atomic E-state index is 5.96. The van der Waals surface area contributed by atoms with E-state index in [0.717, 1.165) is 15.8 Å². The van der Waals surface area contributed by atoms with Crippen LogP contribution in [0.25, 0.3) is 0 Å². The molecule has 0 heterocycles. The quantitative estimate of drug-likeness (QED) is 0.819. The van der Waals surface area contributed by atoms with Crippen LogP contribution in [-0.2, 0) is 0 Å². The van der Waals surface area contributed by atoms with E-state index in [1.54, 1.807) is 13.2 Å². The molecule has 0 amide bonds. The predicted molar refractivity (Wildman–Crippen MR) is 79.8 cm³/mol. The highest BCUT2D eigenvalue weighted by Gasteiger charge is 2.04. The zero-order chi connectivity index (χ0) is 13.1. The Morgan fingerprint density at radius 3 is 2.72 bits per heavy atom. The molecule has 5 heteroatoms. The Balaban J connectivity index is 2.31. The van der Waals surface area contributed by atoms with Crippen LogP contribution >= 0.6 is 27.5 Å². The number of nitrogens with one attached hydrogen (secondary N) is 1.